The smallest absolute Gasteiger partial charge is 0.0294 e. The van der Waals surface area contributed by atoms with Crippen LogP contribution in [0.1, 0.15) is 63.1 Å². The molecule has 0 aromatic heterocycles. The van der Waals surface area contributed by atoms with Gasteiger partial charge in [-0.1, -0.05) is 43.2 Å². The van der Waals surface area contributed by atoms with E-state index < -0.39 is 0 Å². The highest BCUT2D eigenvalue weighted by molar-refractivity contribution is 5.24. The molecule has 1 aliphatic carbocycles. The fourth-order valence-corrected chi connectivity index (χ4v) is 3.13. The molecule has 18 heavy (non-hydrogen) atoms. The van der Waals surface area contributed by atoms with Crippen molar-refractivity contribution in [1.29, 1.82) is 0 Å². The Balaban J connectivity index is 1.86. The Kier molecular flexibility index (Phi) is 4.82. The molecule has 100 valence electrons. The van der Waals surface area contributed by atoms with Crippen LogP contribution in [0.2, 0.25) is 0 Å². The summed E-state index contributed by atoms with van der Waals surface area (Å²) in [4.78, 5) is 0. The van der Waals surface area contributed by atoms with Crippen molar-refractivity contribution in [2.24, 2.45) is 5.92 Å². The van der Waals surface area contributed by atoms with Gasteiger partial charge in [-0.15, -0.1) is 0 Å². The van der Waals surface area contributed by atoms with Crippen molar-refractivity contribution in [2.75, 3.05) is 0 Å². The van der Waals surface area contributed by atoms with Crippen LogP contribution in [0.25, 0.3) is 0 Å². The molecule has 1 fully saturated rings. The van der Waals surface area contributed by atoms with Gasteiger partial charge in [0.1, 0.15) is 0 Å². The predicted octanol–water partition coefficient (Wildman–Crippen LogP) is 4.61. The van der Waals surface area contributed by atoms with E-state index in [1.165, 1.54) is 43.2 Å². The van der Waals surface area contributed by atoms with E-state index in [1.54, 1.807) is 0 Å². The summed E-state index contributed by atoms with van der Waals surface area (Å²) in [5.74, 6) is 0.984. The molecule has 0 unspecified atom stereocenters. The molecule has 1 N–H and O–H groups in total. The average molecular weight is 245 g/mol. The molecule has 1 aromatic carbocycles. The third kappa shape index (κ3) is 3.58. The number of hydrogen-bond acceptors (Lipinski definition) is 1. The molecule has 0 bridgehead atoms. The number of rotatable bonds is 4. The maximum Gasteiger partial charge on any atom is 0.0294 e. The van der Waals surface area contributed by atoms with Crippen LogP contribution in [0.15, 0.2) is 24.3 Å². The molecular weight excluding hydrogens is 218 g/mol. The average Bonchev–Trinajstić information content (AvgIpc) is 2.39. The zero-order valence-electron chi connectivity index (χ0n) is 12.1. The van der Waals surface area contributed by atoms with Crippen LogP contribution >= 0.6 is 0 Å². The van der Waals surface area contributed by atoms with E-state index in [2.05, 4.69) is 50.4 Å². The second kappa shape index (κ2) is 6.38. The Morgan fingerprint density at radius 1 is 1.22 bits per heavy atom. The van der Waals surface area contributed by atoms with Gasteiger partial charge < -0.3 is 5.32 Å². The molecule has 0 radical (unpaired) electrons. The Morgan fingerprint density at radius 3 is 2.56 bits per heavy atom. The largest absolute Gasteiger partial charge is 0.307 e. The van der Waals surface area contributed by atoms with Gasteiger partial charge in [0.2, 0.25) is 0 Å². The van der Waals surface area contributed by atoms with Crippen LogP contribution in [-0.4, -0.2) is 6.04 Å². The predicted molar refractivity (Wildman–Crippen MR) is 78.8 cm³/mol. The van der Waals surface area contributed by atoms with E-state index >= 15 is 0 Å². The van der Waals surface area contributed by atoms with Crippen molar-refractivity contribution in [3.05, 3.63) is 35.4 Å². The molecule has 1 aromatic rings. The number of nitrogens with one attached hydrogen (secondary N) is 1. The van der Waals surface area contributed by atoms with Gasteiger partial charge >= 0.3 is 0 Å². The summed E-state index contributed by atoms with van der Waals surface area (Å²) in [5, 5.41) is 3.81. The van der Waals surface area contributed by atoms with Crippen LogP contribution in [0.5, 0.6) is 0 Å². The van der Waals surface area contributed by atoms with Crippen LogP contribution in [0, 0.1) is 12.8 Å². The van der Waals surface area contributed by atoms with Gasteiger partial charge in [0.25, 0.3) is 0 Å². The molecule has 2 rings (SSSR count). The fourth-order valence-electron chi connectivity index (χ4n) is 3.13. The maximum atomic E-state index is 3.81. The first-order valence-corrected chi connectivity index (χ1v) is 7.51. The molecule has 0 saturated heterocycles. The van der Waals surface area contributed by atoms with Gasteiger partial charge in [-0.2, -0.15) is 0 Å². The van der Waals surface area contributed by atoms with Gasteiger partial charge in [-0.3, -0.25) is 0 Å². The van der Waals surface area contributed by atoms with Crippen molar-refractivity contribution < 1.29 is 0 Å². The summed E-state index contributed by atoms with van der Waals surface area (Å²) in [6, 6.07) is 10.1. The lowest BCUT2D eigenvalue weighted by atomic mass is 9.84. The lowest BCUT2D eigenvalue weighted by molar-refractivity contribution is 0.273. The minimum Gasteiger partial charge on any atom is -0.307 e. The Labute approximate surface area is 112 Å². The summed E-state index contributed by atoms with van der Waals surface area (Å²) in [5.41, 5.74) is 2.78. The summed E-state index contributed by atoms with van der Waals surface area (Å²) >= 11 is 0. The lowest BCUT2D eigenvalue weighted by Gasteiger charge is -2.31. The Hall–Kier alpha value is -0.820. The first-order valence-electron chi connectivity index (χ1n) is 7.51. The molecule has 1 saturated carbocycles. The maximum absolute atomic E-state index is 3.81. The van der Waals surface area contributed by atoms with E-state index in [1.807, 2.05) is 0 Å². The van der Waals surface area contributed by atoms with Crippen molar-refractivity contribution in [3.8, 4) is 0 Å². The summed E-state index contributed by atoms with van der Waals surface area (Å²) in [6.45, 7) is 6.79. The van der Waals surface area contributed by atoms with Gasteiger partial charge in [-0.25, -0.2) is 0 Å². The minimum absolute atomic E-state index is 0.480. The topological polar surface area (TPSA) is 12.0 Å². The third-order valence-electron chi connectivity index (χ3n) is 4.45. The van der Waals surface area contributed by atoms with Gasteiger partial charge in [-0.05, 0) is 51.0 Å². The van der Waals surface area contributed by atoms with Crippen molar-refractivity contribution in [3.63, 3.8) is 0 Å². The number of benzene rings is 1. The molecule has 0 amide bonds. The summed E-state index contributed by atoms with van der Waals surface area (Å²) < 4.78 is 0. The van der Waals surface area contributed by atoms with Crippen molar-refractivity contribution in [2.45, 2.75) is 65.0 Å². The van der Waals surface area contributed by atoms with Gasteiger partial charge in [0.15, 0.2) is 0 Å². The first kappa shape index (κ1) is 13.6. The second-order valence-electron chi connectivity index (χ2n) is 5.93. The van der Waals surface area contributed by atoms with E-state index in [9.17, 15) is 0 Å². The molecule has 1 nitrogen and oxygen atoms in total. The zero-order chi connectivity index (χ0) is 13.0. The molecule has 0 aliphatic heterocycles. The van der Waals surface area contributed by atoms with Crippen molar-refractivity contribution in [1.82, 2.24) is 5.32 Å². The van der Waals surface area contributed by atoms with Crippen LogP contribution in [0.3, 0.4) is 0 Å². The highest BCUT2D eigenvalue weighted by Crippen LogP contribution is 2.28. The second-order valence-corrected chi connectivity index (χ2v) is 5.93. The molecule has 0 spiro atoms. The molecule has 0 heterocycles. The SMILES string of the molecule is CCC1CCC(N[C@@H](C)c2cccc(C)c2)CC1. The van der Waals surface area contributed by atoms with E-state index in [0.29, 0.717) is 6.04 Å². The molecule has 1 aliphatic rings. The van der Waals surface area contributed by atoms with Crippen LogP contribution in [-0.2, 0) is 0 Å². The standard InChI is InChI=1S/C17H27N/c1-4-15-8-10-17(11-9-15)18-14(3)16-7-5-6-13(2)12-16/h5-7,12,14-15,17-18H,4,8-11H2,1-3H3/t14-,15?,17?/m0/s1. The normalized spacial score (nSPS) is 25.9. The number of hydrogen-bond donors (Lipinski definition) is 1. The number of aryl methyl sites for hydroxylation is 1. The van der Waals surface area contributed by atoms with Gasteiger partial charge in [0, 0.05) is 12.1 Å². The van der Waals surface area contributed by atoms with E-state index in [0.717, 1.165) is 12.0 Å². The molecule has 1 atom stereocenters. The Morgan fingerprint density at radius 2 is 1.94 bits per heavy atom. The van der Waals surface area contributed by atoms with Crippen LogP contribution < -0.4 is 5.32 Å². The van der Waals surface area contributed by atoms with E-state index in [-0.39, 0.29) is 0 Å². The minimum atomic E-state index is 0.480. The highest BCUT2D eigenvalue weighted by Gasteiger charge is 2.21. The van der Waals surface area contributed by atoms with Gasteiger partial charge in [0.05, 0.1) is 0 Å². The van der Waals surface area contributed by atoms with Crippen LogP contribution in [0.4, 0.5) is 0 Å². The summed E-state index contributed by atoms with van der Waals surface area (Å²) in [6.07, 6.45) is 6.90. The summed E-state index contributed by atoms with van der Waals surface area (Å²) in [7, 11) is 0. The monoisotopic (exact) mass is 245 g/mol. The molecular formula is C17H27N. The fraction of sp³-hybridized carbons (Fsp3) is 0.647. The van der Waals surface area contributed by atoms with E-state index in [4.69, 9.17) is 0 Å². The highest BCUT2D eigenvalue weighted by atomic mass is 14.9. The van der Waals surface area contributed by atoms with Crippen molar-refractivity contribution >= 4 is 0 Å². The quantitative estimate of drug-likeness (QED) is 0.816. The zero-order valence-corrected chi connectivity index (χ0v) is 12.1. The third-order valence-corrected chi connectivity index (χ3v) is 4.45. The first-order chi connectivity index (χ1) is 8.69. The lowest BCUT2D eigenvalue weighted by Crippen LogP contribution is -2.34. The molecule has 1 heteroatoms. The Bertz CT molecular complexity index is 364.